The first-order valence-electron chi connectivity index (χ1n) is 7.10. The van der Waals surface area contributed by atoms with Crippen molar-refractivity contribution in [2.24, 2.45) is 0 Å². The van der Waals surface area contributed by atoms with E-state index in [0.717, 1.165) is 36.8 Å². The van der Waals surface area contributed by atoms with Crippen LogP contribution in [0.25, 0.3) is 0 Å². The van der Waals surface area contributed by atoms with Gasteiger partial charge in [0.1, 0.15) is 0 Å². The largest absolute Gasteiger partial charge is 0.487 e. The first-order chi connectivity index (χ1) is 9.11. The van der Waals surface area contributed by atoms with E-state index in [1.54, 1.807) is 0 Å². The van der Waals surface area contributed by atoms with Crippen molar-refractivity contribution < 1.29 is 13.9 Å². The van der Waals surface area contributed by atoms with E-state index in [9.17, 15) is 9.18 Å². The van der Waals surface area contributed by atoms with Crippen molar-refractivity contribution in [1.82, 2.24) is 0 Å². The minimum Gasteiger partial charge on any atom is -0.487 e. The van der Waals surface area contributed by atoms with Gasteiger partial charge in [-0.05, 0) is 68.6 Å². The van der Waals surface area contributed by atoms with Crippen LogP contribution < -0.4 is 4.74 Å². The van der Waals surface area contributed by atoms with Gasteiger partial charge in [0.25, 0.3) is 0 Å². The Kier molecular flexibility index (Phi) is 3.08. The van der Waals surface area contributed by atoms with Crippen LogP contribution in [0.1, 0.15) is 72.9 Å². The Labute approximate surface area is 113 Å². The topological polar surface area (TPSA) is 26.3 Å². The van der Waals surface area contributed by atoms with Crippen molar-refractivity contribution >= 4 is 6.29 Å². The number of ether oxygens (including phenoxy) is 1. The number of carbonyl (C=O) groups is 1. The van der Waals surface area contributed by atoms with Gasteiger partial charge >= 0.3 is 0 Å². The standard InChI is InChI=1S/C16H19FO2/c1-9(2)19-16-12(8-18)7-13(10-3-4-10)14(15(16)17)11-5-6-11/h7-11H,3-6H2,1-2H3. The average Bonchev–Trinajstić information content (AvgIpc) is 3.23. The lowest BCUT2D eigenvalue weighted by Crippen LogP contribution is -2.11. The minimum atomic E-state index is -0.289. The summed E-state index contributed by atoms with van der Waals surface area (Å²) in [5, 5.41) is 0. The molecule has 0 N–H and O–H groups in total. The first kappa shape index (κ1) is 12.6. The number of halogens is 1. The monoisotopic (exact) mass is 262 g/mol. The van der Waals surface area contributed by atoms with Gasteiger partial charge in [-0.3, -0.25) is 4.79 Å². The van der Waals surface area contributed by atoms with Gasteiger partial charge in [0.05, 0.1) is 11.7 Å². The molecule has 2 fully saturated rings. The summed E-state index contributed by atoms with van der Waals surface area (Å²) in [5.41, 5.74) is 2.24. The van der Waals surface area contributed by atoms with Crippen molar-refractivity contribution in [2.45, 2.75) is 57.5 Å². The van der Waals surface area contributed by atoms with Crippen molar-refractivity contribution in [3.63, 3.8) is 0 Å². The molecule has 3 heteroatoms. The number of carbonyl (C=O) groups excluding carboxylic acids is 1. The molecule has 0 spiro atoms. The third-order valence-electron chi connectivity index (χ3n) is 3.80. The summed E-state index contributed by atoms with van der Waals surface area (Å²) in [7, 11) is 0. The molecule has 0 unspecified atom stereocenters. The molecule has 0 aliphatic heterocycles. The van der Waals surface area contributed by atoms with E-state index in [2.05, 4.69) is 0 Å². The maximum atomic E-state index is 14.7. The maximum Gasteiger partial charge on any atom is 0.169 e. The van der Waals surface area contributed by atoms with Crippen molar-refractivity contribution in [3.8, 4) is 5.75 Å². The lowest BCUT2D eigenvalue weighted by Gasteiger charge is -2.18. The summed E-state index contributed by atoms with van der Waals surface area (Å²) in [6, 6.07) is 1.86. The zero-order valence-electron chi connectivity index (χ0n) is 11.4. The Morgan fingerprint density at radius 3 is 2.37 bits per heavy atom. The summed E-state index contributed by atoms with van der Waals surface area (Å²) in [6.45, 7) is 3.69. The quantitative estimate of drug-likeness (QED) is 0.744. The van der Waals surface area contributed by atoms with Gasteiger partial charge < -0.3 is 4.74 Å². The third-order valence-corrected chi connectivity index (χ3v) is 3.80. The van der Waals surface area contributed by atoms with Crippen LogP contribution in [0.4, 0.5) is 4.39 Å². The minimum absolute atomic E-state index is 0.132. The Hall–Kier alpha value is -1.38. The number of benzene rings is 1. The van der Waals surface area contributed by atoms with Crippen LogP contribution >= 0.6 is 0 Å². The molecule has 2 saturated carbocycles. The number of hydrogen-bond acceptors (Lipinski definition) is 2. The van der Waals surface area contributed by atoms with E-state index in [0.29, 0.717) is 23.7 Å². The molecule has 0 bridgehead atoms. The van der Waals surface area contributed by atoms with Gasteiger partial charge in [-0.15, -0.1) is 0 Å². The maximum absolute atomic E-state index is 14.7. The van der Waals surface area contributed by atoms with Crippen LogP contribution in [0.15, 0.2) is 6.07 Å². The Bertz CT molecular complexity index is 514. The predicted molar refractivity (Wildman–Crippen MR) is 71.5 cm³/mol. The zero-order valence-corrected chi connectivity index (χ0v) is 11.4. The van der Waals surface area contributed by atoms with E-state index in [1.807, 2.05) is 19.9 Å². The second-order valence-corrected chi connectivity index (χ2v) is 5.94. The van der Waals surface area contributed by atoms with E-state index < -0.39 is 0 Å². The van der Waals surface area contributed by atoms with Crippen LogP contribution in [0.3, 0.4) is 0 Å². The molecular formula is C16H19FO2. The molecule has 3 rings (SSSR count). The first-order valence-corrected chi connectivity index (χ1v) is 7.10. The van der Waals surface area contributed by atoms with Gasteiger partial charge in [0.15, 0.2) is 17.9 Å². The molecule has 2 nitrogen and oxygen atoms in total. The molecular weight excluding hydrogens is 243 g/mol. The van der Waals surface area contributed by atoms with E-state index in [4.69, 9.17) is 4.74 Å². The van der Waals surface area contributed by atoms with Crippen molar-refractivity contribution in [1.29, 1.82) is 0 Å². The SMILES string of the molecule is CC(C)Oc1c(C=O)cc(C2CC2)c(C2CC2)c1F. The Balaban J connectivity index is 2.12. The van der Waals surface area contributed by atoms with Crippen LogP contribution in [-0.4, -0.2) is 12.4 Å². The van der Waals surface area contributed by atoms with Crippen LogP contribution in [0, 0.1) is 5.82 Å². The second kappa shape index (κ2) is 4.62. The third kappa shape index (κ3) is 2.38. The second-order valence-electron chi connectivity index (χ2n) is 5.94. The van der Waals surface area contributed by atoms with Crippen LogP contribution in [0.5, 0.6) is 5.75 Å². The molecule has 0 saturated heterocycles. The molecule has 2 aliphatic rings. The smallest absolute Gasteiger partial charge is 0.169 e. The average molecular weight is 262 g/mol. The van der Waals surface area contributed by atoms with E-state index in [1.165, 1.54) is 0 Å². The molecule has 2 aliphatic carbocycles. The van der Waals surface area contributed by atoms with Gasteiger partial charge in [-0.25, -0.2) is 4.39 Å². The molecule has 1 aromatic carbocycles. The number of rotatable bonds is 5. The lowest BCUT2D eigenvalue weighted by atomic mass is 9.95. The molecule has 1 aromatic rings. The molecule has 102 valence electrons. The summed E-state index contributed by atoms with van der Waals surface area (Å²) in [4.78, 5) is 11.2. The molecule has 19 heavy (non-hydrogen) atoms. The predicted octanol–water partition coefficient (Wildman–Crippen LogP) is 4.18. The Morgan fingerprint density at radius 2 is 1.89 bits per heavy atom. The van der Waals surface area contributed by atoms with Gasteiger partial charge in [0, 0.05) is 0 Å². The number of hydrogen-bond donors (Lipinski definition) is 0. The summed E-state index contributed by atoms with van der Waals surface area (Å²) in [5.74, 6) is 0.654. The molecule has 0 radical (unpaired) electrons. The fraction of sp³-hybridized carbons (Fsp3) is 0.562. The van der Waals surface area contributed by atoms with Gasteiger partial charge in [-0.2, -0.15) is 0 Å². The van der Waals surface area contributed by atoms with Gasteiger partial charge in [0.2, 0.25) is 0 Å². The van der Waals surface area contributed by atoms with Crippen molar-refractivity contribution in [2.75, 3.05) is 0 Å². The highest BCUT2D eigenvalue weighted by Crippen LogP contribution is 2.52. The zero-order chi connectivity index (χ0) is 13.6. The highest BCUT2D eigenvalue weighted by Gasteiger charge is 2.37. The Morgan fingerprint density at radius 1 is 1.26 bits per heavy atom. The lowest BCUT2D eigenvalue weighted by molar-refractivity contribution is 0.111. The fourth-order valence-corrected chi connectivity index (χ4v) is 2.65. The number of aldehydes is 1. The molecule has 0 heterocycles. The molecule has 0 aromatic heterocycles. The van der Waals surface area contributed by atoms with Crippen LogP contribution in [-0.2, 0) is 0 Å². The van der Waals surface area contributed by atoms with Crippen molar-refractivity contribution in [3.05, 3.63) is 28.6 Å². The highest BCUT2D eigenvalue weighted by atomic mass is 19.1. The highest BCUT2D eigenvalue weighted by molar-refractivity contribution is 5.80. The summed E-state index contributed by atoms with van der Waals surface area (Å²) in [6.07, 6.45) is 4.91. The van der Waals surface area contributed by atoms with E-state index >= 15 is 0 Å². The van der Waals surface area contributed by atoms with Crippen LogP contribution in [0.2, 0.25) is 0 Å². The van der Waals surface area contributed by atoms with Gasteiger partial charge in [-0.1, -0.05) is 0 Å². The fourth-order valence-electron chi connectivity index (χ4n) is 2.65. The molecule has 0 atom stereocenters. The summed E-state index contributed by atoms with van der Waals surface area (Å²) >= 11 is 0. The van der Waals surface area contributed by atoms with E-state index in [-0.39, 0.29) is 17.7 Å². The molecule has 0 amide bonds. The normalized spacial score (nSPS) is 18.7. The summed E-state index contributed by atoms with van der Waals surface area (Å²) < 4.78 is 20.3.